The monoisotopic (exact) mass is 431 g/mol. The summed E-state index contributed by atoms with van der Waals surface area (Å²) < 4.78 is 5.12. The Hall–Kier alpha value is -2.38. The number of amides is 3. The molecule has 164 valence electrons. The van der Waals surface area contributed by atoms with Crippen LogP contribution in [0.4, 0.5) is 4.79 Å². The molecule has 0 bridgehead atoms. The molecule has 1 aromatic carbocycles. The first-order valence-corrected chi connectivity index (χ1v) is 11.4. The Morgan fingerprint density at radius 3 is 2.50 bits per heavy atom. The van der Waals surface area contributed by atoms with Crippen molar-refractivity contribution in [3.8, 4) is 0 Å². The number of nitrogens with one attached hydrogen (secondary N) is 1. The van der Waals surface area contributed by atoms with Gasteiger partial charge in [0.1, 0.15) is 6.54 Å². The second kappa shape index (κ2) is 13.8. The van der Waals surface area contributed by atoms with Crippen molar-refractivity contribution in [1.82, 2.24) is 15.1 Å². The van der Waals surface area contributed by atoms with Crippen molar-refractivity contribution < 1.29 is 14.3 Å². The smallest absolute Gasteiger partial charge is 0.317 e. The van der Waals surface area contributed by atoms with Crippen molar-refractivity contribution in [3.63, 3.8) is 0 Å². The van der Waals surface area contributed by atoms with Crippen molar-refractivity contribution in [2.75, 3.05) is 33.4 Å². The van der Waals surface area contributed by atoms with E-state index in [1.165, 1.54) is 0 Å². The number of benzene rings is 1. The average molecular weight is 432 g/mol. The summed E-state index contributed by atoms with van der Waals surface area (Å²) in [6, 6.07) is 13.8. The molecule has 2 rings (SSSR count). The minimum absolute atomic E-state index is 0.0554. The zero-order chi connectivity index (χ0) is 21.6. The number of nitrogens with zero attached hydrogens (tertiary/aromatic N) is 2. The first-order valence-electron chi connectivity index (χ1n) is 10.5. The first-order chi connectivity index (χ1) is 14.6. The van der Waals surface area contributed by atoms with Crippen LogP contribution in [-0.4, -0.2) is 55.1 Å². The van der Waals surface area contributed by atoms with E-state index < -0.39 is 0 Å². The van der Waals surface area contributed by atoms with Crippen LogP contribution in [0.25, 0.3) is 0 Å². The number of hydrogen-bond donors (Lipinski definition) is 1. The molecule has 1 heterocycles. The zero-order valence-electron chi connectivity index (χ0n) is 18.0. The maximum absolute atomic E-state index is 13.2. The fourth-order valence-electron chi connectivity index (χ4n) is 3.03. The van der Waals surface area contributed by atoms with Crippen LogP contribution >= 0.6 is 11.3 Å². The molecule has 2 aromatic rings. The standard InChI is InChI=1S/C23H33N3O3S/c1-3-4-13-24-23(28)25(14-9-15-29-2)19-22(27)26(18-21-12-8-16-30-21)17-20-10-6-5-7-11-20/h5-8,10-12,16H,3-4,9,13-15,17-19H2,1-2H3,(H,24,28). The number of unbranched alkanes of at least 4 members (excludes halogenated alkanes) is 1. The number of rotatable bonds is 13. The highest BCUT2D eigenvalue weighted by Crippen LogP contribution is 2.15. The lowest BCUT2D eigenvalue weighted by Crippen LogP contribution is -2.47. The molecule has 0 aliphatic rings. The summed E-state index contributed by atoms with van der Waals surface area (Å²) in [4.78, 5) is 30.4. The summed E-state index contributed by atoms with van der Waals surface area (Å²) in [6.07, 6.45) is 2.62. The van der Waals surface area contributed by atoms with Crippen molar-refractivity contribution in [2.45, 2.75) is 39.3 Å². The molecule has 0 spiro atoms. The minimum Gasteiger partial charge on any atom is -0.385 e. The molecule has 7 heteroatoms. The van der Waals surface area contributed by atoms with Crippen LogP contribution in [0.15, 0.2) is 47.8 Å². The predicted octanol–water partition coefficient (Wildman–Crippen LogP) is 4.13. The first kappa shape index (κ1) is 23.9. The summed E-state index contributed by atoms with van der Waals surface area (Å²) in [5.74, 6) is -0.0599. The van der Waals surface area contributed by atoms with Gasteiger partial charge in [-0.2, -0.15) is 0 Å². The highest BCUT2D eigenvalue weighted by atomic mass is 32.1. The van der Waals surface area contributed by atoms with E-state index in [0.29, 0.717) is 39.2 Å². The molecule has 0 unspecified atom stereocenters. The van der Waals surface area contributed by atoms with Gasteiger partial charge in [-0.25, -0.2) is 4.79 Å². The van der Waals surface area contributed by atoms with E-state index >= 15 is 0 Å². The fraction of sp³-hybridized carbons (Fsp3) is 0.478. The third-order valence-corrected chi connectivity index (χ3v) is 5.55. The molecule has 0 saturated heterocycles. The van der Waals surface area contributed by atoms with Crippen molar-refractivity contribution in [2.24, 2.45) is 0 Å². The molecule has 0 saturated carbocycles. The van der Waals surface area contributed by atoms with Crippen LogP contribution < -0.4 is 5.32 Å². The number of ether oxygens (including phenoxy) is 1. The number of thiophene rings is 1. The second-order valence-electron chi connectivity index (χ2n) is 7.17. The van der Waals surface area contributed by atoms with Gasteiger partial charge in [0.2, 0.25) is 5.91 Å². The zero-order valence-corrected chi connectivity index (χ0v) is 18.8. The Bertz CT molecular complexity index is 737. The van der Waals surface area contributed by atoms with Crippen LogP contribution in [0.2, 0.25) is 0 Å². The van der Waals surface area contributed by atoms with E-state index in [-0.39, 0.29) is 18.5 Å². The van der Waals surface area contributed by atoms with E-state index in [1.54, 1.807) is 23.3 Å². The highest BCUT2D eigenvalue weighted by molar-refractivity contribution is 7.09. The van der Waals surface area contributed by atoms with Gasteiger partial charge in [0, 0.05) is 38.2 Å². The molecule has 0 atom stereocenters. The summed E-state index contributed by atoms with van der Waals surface area (Å²) in [6.45, 7) is 4.84. The Kier molecular flexibility index (Phi) is 11.0. The number of carbonyl (C=O) groups is 2. The van der Waals surface area contributed by atoms with E-state index in [0.717, 1.165) is 23.3 Å². The molecule has 0 radical (unpaired) electrons. The third-order valence-electron chi connectivity index (χ3n) is 4.69. The Morgan fingerprint density at radius 1 is 1.03 bits per heavy atom. The van der Waals surface area contributed by atoms with Gasteiger partial charge in [0.25, 0.3) is 0 Å². The van der Waals surface area contributed by atoms with Gasteiger partial charge in [-0.05, 0) is 29.9 Å². The lowest BCUT2D eigenvalue weighted by Gasteiger charge is -2.28. The normalized spacial score (nSPS) is 10.6. The molecule has 1 aromatic heterocycles. The molecule has 0 aliphatic carbocycles. The molecule has 6 nitrogen and oxygen atoms in total. The molecular formula is C23H33N3O3S. The van der Waals surface area contributed by atoms with Gasteiger partial charge in [0.15, 0.2) is 0 Å². The van der Waals surface area contributed by atoms with Gasteiger partial charge >= 0.3 is 6.03 Å². The van der Waals surface area contributed by atoms with Crippen molar-refractivity contribution >= 4 is 23.3 Å². The topological polar surface area (TPSA) is 61.9 Å². The van der Waals surface area contributed by atoms with Crippen molar-refractivity contribution in [3.05, 3.63) is 58.3 Å². The Morgan fingerprint density at radius 2 is 1.83 bits per heavy atom. The number of hydrogen-bond acceptors (Lipinski definition) is 4. The lowest BCUT2D eigenvalue weighted by atomic mass is 10.2. The molecule has 30 heavy (non-hydrogen) atoms. The third kappa shape index (κ3) is 8.55. The predicted molar refractivity (Wildman–Crippen MR) is 121 cm³/mol. The summed E-state index contributed by atoms with van der Waals surface area (Å²) in [5.41, 5.74) is 1.07. The number of carbonyl (C=O) groups excluding carboxylic acids is 2. The quantitative estimate of drug-likeness (QED) is 0.485. The summed E-state index contributed by atoms with van der Waals surface area (Å²) in [7, 11) is 1.64. The van der Waals surface area contributed by atoms with Gasteiger partial charge in [-0.3, -0.25) is 4.79 Å². The van der Waals surface area contributed by atoms with Crippen LogP contribution in [-0.2, 0) is 22.6 Å². The summed E-state index contributed by atoms with van der Waals surface area (Å²) >= 11 is 1.63. The van der Waals surface area contributed by atoms with Crippen LogP contribution in [0.3, 0.4) is 0 Å². The molecule has 0 aliphatic heterocycles. The lowest BCUT2D eigenvalue weighted by molar-refractivity contribution is -0.133. The maximum atomic E-state index is 13.2. The molecule has 1 N–H and O–H groups in total. The van der Waals surface area contributed by atoms with E-state index in [4.69, 9.17) is 4.74 Å². The van der Waals surface area contributed by atoms with Crippen LogP contribution in [0.5, 0.6) is 0 Å². The maximum Gasteiger partial charge on any atom is 0.317 e. The average Bonchev–Trinajstić information content (AvgIpc) is 3.26. The van der Waals surface area contributed by atoms with Crippen molar-refractivity contribution in [1.29, 1.82) is 0 Å². The molecule has 0 fully saturated rings. The fourth-order valence-corrected chi connectivity index (χ4v) is 3.75. The highest BCUT2D eigenvalue weighted by Gasteiger charge is 2.21. The summed E-state index contributed by atoms with van der Waals surface area (Å²) in [5, 5.41) is 4.94. The minimum atomic E-state index is -0.191. The van der Waals surface area contributed by atoms with E-state index in [2.05, 4.69) is 12.2 Å². The van der Waals surface area contributed by atoms with Crippen LogP contribution in [0.1, 0.15) is 36.6 Å². The largest absolute Gasteiger partial charge is 0.385 e. The number of urea groups is 1. The van der Waals surface area contributed by atoms with Gasteiger partial charge in [-0.1, -0.05) is 49.7 Å². The van der Waals surface area contributed by atoms with Gasteiger partial charge < -0.3 is 19.9 Å². The van der Waals surface area contributed by atoms with E-state index in [1.807, 2.05) is 52.7 Å². The van der Waals surface area contributed by atoms with E-state index in [9.17, 15) is 9.59 Å². The Labute approximate surface area is 183 Å². The van der Waals surface area contributed by atoms with Crippen LogP contribution in [0, 0.1) is 0 Å². The Balaban J connectivity index is 2.07. The van der Waals surface area contributed by atoms with Gasteiger partial charge in [0.05, 0.1) is 6.54 Å². The molecule has 3 amide bonds. The second-order valence-corrected chi connectivity index (χ2v) is 8.20. The molecular weight excluding hydrogens is 398 g/mol. The SMILES string of the molecule is CCCCNC(=O)N(CCCOC)CC(=O)N(Cc1ccccc1)Cc1cccs1. The number of methoxy groups -OCH3 is 1. The van der Waals surface area contributed by atoms with Gasteiger partial charge in [-0.15, -0.1) is 11.3 Å².